The molecule has 0 aliphatic carbocycles. The van der Waals surface area contributed by atoms with Crippen molar-refractivity contribution < 1.29 is 0 Å². The van der Waals surface area contributed by atoms with E-state index in [1.165, 1.54) is 0 Å². The zero-order chi connectivity index (χ0) is 10.1. The minimum absolute atomic E-state index is 0.115. The van der Waals surface area contributed by atoms with Crippen molar-refractivity contribution in [1.29, 1.82) is 5.26 Å². The summed E-state index contributed by atoms with van der Waals surface area (Å²) >= 11 is 5.73. The molecule has 0 aromatic carbocycles. The number of halogens is 1. The van der Waals surface area contributed by atoms with Gasteiger partial charge in [-0.15, -0.1) is 0 Å². The van der Waals surface area contributed by atoms with Gasteiger partial charge in [-0.1, -0.05) is 32.4 Å². The lowest BCUT2D eigenvalue weighted by atomic mass is 9.89. The second kappa shape index (κ2) is 3.35. The lowest BCUT2D eigenvalue weighted by Gasteiger charge is -2.18. The molecule has 0 aliphatic heterocycles. The zero-order valence-electron chi connectivity index (χ0n) is 7.93. The first-order chi connectivity index (χ1) is 5.95. The molecular weight excluding hydrogens is 184 g/mol. The maximum atomic E-state index is 8.86. The number of aromatic nitrogens is 1. The summed E-state index contributed by atoms with van der Waals surface area (Å²) in [6.45, 7) is 6.05. The molecule has 0 fully saturated rings. The maximum absolute atomic E-state index is 8.86. The summed E-state index contributed by atoms with van der Waals surface area (Å²) in [7, 11) is 0. The molecule has 0 saturated heterocycles. The van der Waals surface area contributed by atoms with E-state index in [0.29, 0.717) is 10.6 Å². The number of rotatable bonds is 0. The van der Waals surface area contributed by atoms with Gasteiger partial charge in [0.1, 0.15) is 6.07 Å². The van der Waals surface area contributed by atoms with E-state index < -0.39 is 0 Å². The highest BCUT2D eigenvalue weighted by Crippen LogP contribution is 2.24. The van der Waals surface area contributed by atoms with Crippen molar-refractivity contribution in [3.8, 4) is 6.07 Å². The van der Waals surface area contributed by atoms with Gasteiger partial charge in [0.25, 0.3) is 0 Å². The molecule has 0 amide bonds. The van der Waals surface area contributed by atoms with Crippen LogP contribution in [0, 0.1) is 11.3 Å². The summed E-state index contributed by atoms with van der Waals surface area (Å²) in [6.07, 6.45) is 1.57. The normalized spacial score (nSPS) is 11.0. The van der Waals surface area contributed by atoms with Gasteiger partial charge < -0.3 is 0 Å². The lowest BCUT2D eigenvalue weighted by molar-refractivity contribution is 0.567. The third-order valence-corrected chi connectivity index (χ3v) is 1.89. The van der Waals surface area contributed by atoms with Gasteiger partial charge in [-0.25, -0.2) is 0 Å². The second-order valence-electron chi connectivity index (χ2n) is 3.91. The Hall–Kier alpha value is -1.07. The van der Waals surface area contributed by atoms with Gasteiger partial charge in [0.05, 0.1) is 16.3 Å². The first-order valence-electron chi connectivity index (χ1n) is 4.01. The van der Waals surface area contributed by atoms with Crippen LogP contribution in [0.5, 0.6) is 0 Å². The van der Waals surface area contributed by atoms with Crippen molar-refractivity contribution in [3.63, 3.8) is 0 Å². The Morgan fingerprint density at radius 3 is 2.54 bits per heavy atom. The molecule has 3 heteroatoms. The minimum Gasteiger partial charge on any atom is -0.258 e. The molecule has 68 valence electrons. The van der Waals surface area contributed by atoms with Crippen LogP contribution < -0.4 is 0 Å². The van der Waals surface area contributed by atoms with Crippen LogP contribution in [0.3, 0.4) is 0 Å². The summed E-state index contributed by atoms with van der Waals surface area (Å²) in [5.74, 6) is 0. The number of pyridine rings is 1. The van der Waals surface area contributed by atoms with Gasteiger partial charge in [-0.2, -0.15) is 5.26 Å². The molecule has 1 aromatic heterocycles. The quantitative estimate of drug-likeness (QED) is 0.637. The average Bonchev–Trinajstić information content (AvgIpc) is 2.01. The fourth-order valence-electron chi connectivity index (χ4n) is 1.12. The van der Waals surface area contributed by atoms with Gasteiger partial charge >= 0.3 is 0 Å². The average molecular weight is 195 g/mol. The largest absolute Gasteiger partial charge is 0.258 e. The van der Waals surface area contributed by atoms with E-state index in [1.807, 2.05) is 20.8 Å². The highest BCUT2D eigenvalue weighted by molar-refractivity contribution is 6.30. The van der Waals surface area contributed by atoms with Gasteiger partial charge in [0.15, 0.2) is 0 Å². The minimum atomic E-state index is -0.115. The molecular formula is C10H11ClN2. The first kappa shape index (κ1) is 10.0. The molecule has 0 bridgehead atoms. The molecule has 0 radical (unpaired) electrons. The predicted octanol–water partition coefficient (Wildman–Crippen LogP) is 2.90. The molecule has 0 saturated carbocycles. The van der Waals surface area contributed by atoms with E-state index in [4.69, 9.17) is 16.9 Å². The van der Waals surface area contributed by atoms with E-state index in [0.717, 1.165) is 5.69 Å². The Morgan fingerprint density at radius 2 is 2.08 bits per heavy atom. The second-order valence-corrected chi connectivity index (χ2v) is 4.35. The van der Waals surface area contributed by atoms with Crippen LogP contribution in [0.15, 0.2) is 12.3 Å². The molecule has 1 aromatic rings. The van der Waals surface area contributed by atoms with E-state index >= 15 is 0 Å². The summed E-state index contributed by atoms with van der Waals surface area (Å²) in [5, 5.41) is 9.36. The van der Waals surface area contributed by atoms with Crippen molar-refractivity contribution in [2.75, 3.05) is 0 Å². The molecule has 13 heavy (non-hydrogen) atoms. The lowest BCUT2D eigenvalue weighted by Crippen LogP contribution is -2.15. The molecule has 1 rings (SSSR count). The summed E-state index contributed by atoms with van der Waals surface area (Å²) in [5.41, 5.74) is 1.23. The molecule has 0 aliphatic rings. The monoisotopic (exact) mass is 194 g/mol. The van der Waals surface area contributed by atoms with Crippen LogP contribution in [0.1, 0.15) is 32.0 Å². The third kappa shape index (κ3) is 2.19. The molecule has 0 N–H and O–H groups in total. The first-order valence-corrected chi connectivity index (χ1v) is 4.39. The van der Waals surface area contributed by atoms with Crippen molar-refractivity contribution in [3.05, 3.63) is 28.5 Å². The highest BCUT2D eigenvalue weighted by Gasteiger charge is 2.19. The van der Waals surface area contributed by atoms with Crippen LogP contribution in [-0.4, -0.2) is 4.98 Å². The van der Waals surface area contributed by atoms with Crippen LogP contribution in [0.4, 0.5) is 0 Å². The van der Waals surface area contributed by atoms with Crippen molar-refractivity contribution in [1.82, 2.24) is 4.98 Å². The molecule has 0 atom stereocenters. The summed E-state index contributed by atoms with van der Waals surface area (Å²) in [6, 6.07) is 3.74. The summed E-state index contributed by atoms with van der Waals surface area (Å²) < 4.78 is 0. The smallest absolute Gasteiger partial charge is 0.101 e. The SMILES string of the molecule is CC(C)(C)c1ncc(Cl)cc1C#N. The van der Waals surface area contributed by atoms with Crippen molar-refractivity contribution in [2.24, 2.45) is 0 Å². The number of nitrogens with zero attached hydrogens (tertiary/aromatic N) is 2. The topological polar surface area (TPSA) is 36.7 Å². The van der Waals surface area contributed by atoms with Gasteiger partial charge in [-0.05, 0) is 6.07 Å². The van der Waals surface area contributed by atoms with Gasteiger partial charge in [-0.3, -0.25) is 4.98 Å². The van der Waals surface area contributed by atoms with E-state index in [-0.39, 0.29) is 5.41 Å². The van der Waals surface area contributed by atoms with Crippen LogP contribution in [0.25, 0.3) is 0 Å². The fourth-order valence-corrected chi connectivity index (χ4v) is 1.28. The highest BCUT2D eigenvalue weighted by atomic mass is 35.5. The van der Waals surface area contributed by atoms with Gasteiger partial charge in [0, 0.05) is 11.6 Å². The number of nitriles is 1. The van der Waals surface area contributed by atoms with Crippen molar-refractivity contribution in [2.45, 2.75) is 26.2 Å². The Bertz CT molecular complexity index is 358. The Kier molecular flexibility index (Phi) is 2.58. The third-order valence-electron chi connectivity index (χ3n) is 1.69. The standard InChI is InChI=1S/C10H11ClN2/c1-10(2,3)9-7(5-12)4-8(11)6-13-9/h4,6H,1-3H3. The Morgan fingerprint density at radius 1 is 1.46 bits per heavy atom. The zero-order valence-corrected chi connectivity index (χ0v) is 8.68. The van der Waals surface area contributed by atoms with Crippen molar-refractivity contribution >= 4 is 11.6 Å². The fraction of sp³-hybridized carbons (Fsp3) is 0.400. The Balaban J connectivity index is 3.32. The van der Waals surface area contributed by atoms with E-state index in [9.17, 15) is 0 Å². The predicted molar refractivity (Wildman–Crippen MR) is 52.7 cm³/mol. The molecule has 0 unspecified atom stereocenters. The Labute approximate surface area is 83.2 Å². The van der Waals surface area contributed by atoms with E-state index in [2.05, 4.69) is 11.1 Å². The summed E-state index contributed by atoms with van der Waals surface area (Å²) in [4.78, 5) is 4.17. The number of hydrogen-bond acceptors (Lipinski definition) is 2. The number of hydrogen-bond donors (Lipinski definition) is 0. The molecule has 2 nitrogen and oxygen atoms in total. The van der Waals surface area contributed by atoms with Crippen LogP contribution in [0.2, 0.25) is 5.02 Å². The van der Waals surface area contributed by atoms with Crippen LogP contribution >= 0.6 is 11.6 Å². The van der Waals surface area contributed by atoms with Gasteiger partial charge in [0.2, 0.25) is 0 Å². The maximum Gasteiger partial charge on any atom is 0.101 e. The molecule has 0 spiro atoms. The van der Waals surface area contributed by atoms with E-state index in [1.54, 1.807) is 12.3 Å². The molecule has 1 heterocycles. The van der Waals surface area contributed by atoms with Crippen LogP contribution in [-0.2, 0) is 5.41 Å².